The van der Waals surface area contributed by atoms with Crippen molar-refractivity contribution in [1.82, 2.24) is 19.7 Å². The lowest BCUT2D eigenvalue weighted by molar-refractivity contribution is -0.137. The van der Waals surface area contributed by atoms with Crippen LogP contribution in [0, 0.1) is 6.92 Å². The molecule has 0 N–H and O–H groups in total. The van der Waals surface area contributed by atoms with E-state index in [1.165, 1.54) is 0 Å². The predicted octanol–water partition coefficient (Wildman–Crippen LogP) is 4.29. The highest BCUT2D eigenvalue weighted by molar-refractivity contribution is 6.09. The Morgan fingerprint density at radius 2 is 2.03 bits per heavy atom. The van der Waals surface area contributed by atoms with Gasteiger partial charge in [-0.25, -0.2) is 0 Å². The third-order valence-corrected chi connectivity index (χ3v) is 5.02. The van der Waals surface area contributed by atoms with Gasteiger partial charge in [0, 0.05) is 30.1 Å². The minimum Gasteiger partial charge on any atom is -0.478 e. The number of hydrogen-bond donors (Lipinski definition) is 0. The molecule has 7 nitrogen and oxygen atoms in total. The van der Waals surface area contributed by atoms with Gasteiger partial charge in [0.2, 0.25) is 5.88 Å². The van der Waals surface area contributed by atoms with E-state index in [0.29, 0.717) is 11.1 Å². The predicted molar refractivity (Wildman–Crippen MR) is 107 cm³/mol. The molecule has 0 aromatic carbocycles. The zero-order chi connectivity index (χ0) is 22.3. The van der Waals surface area contributed by atoms with Crippen LogP contribution in [0.1, 0.15) is 41.6 Å². The van der Waals surface area contributed by atoms with Crippen LogP contribution in [-0.4, -0.2) is 38.8 Å². The Morgan fingerprint density at radius 3 is 2.71 bits per heavy atom. The Bertz CT molecular complexity index is 1140. The van der Waals surface area contributed by atoms with Gasteiger partial charge in [-0.2, -0.15) is 23.3 Å². The SMILES string of the molecule is CCOc1ccc(C(F)(F)F)c(N2C[C@H](C)n3ncc(-c4ccnc(C)c4)c3C2=O)n1. The number of aromatic nitrogens is 4. The van der Waals surface area contributed by atoms with Crippen LogP contribution < -0.4 is 9.64 Å². The number of aryl methyl sites for hydroxylation is 1. The van der Waals surface area contributed by atoms with Crippen molar-refractivity contribution in [3.05, 3.63) is 53.6 Å². The minimum absolute atomic E-state index is 0.00597. The van der Waals surface area contributed by atoms with Gasteiger partial charge in [-0.15, -0.1) is 0 Å². The van der Waals surface area contributed by atoms with E-state index in [9.17, 15) is 18.0 Å². The fourth-order valence-corrected chi connectivity index (χ4v) is 3.66. The van der Waals surface area contributed by atoms with Crippen LogP contribution in [0.15, 0.2) is 36.7 Å². The molecule has 0 fully saturated rings. The Balaban J connectivity index is 1.85. The van der Waals surface area contributed by atoms with Gasteiger partial charge < -0.3 is 4.74 Å². The molecule has 31 heavy (non-hydrogen) atoms. The van der Waals surface area contributed by atoms with E-state index in [1.54, 1.807) is 43.1 Å². The summed E-state index contributed by atoms with van der Waals surface area (Å²) in [4.78, 5) is 22.7. The van der Waals surface area contributed by atoms with Crippen molar-refractivity contribution < 1.29 is 22.7 Å². The maximum atomic E-state index is 13.7. The second kappa shape index (κ2) is 7.68. The van der Waals surface area contributed by atoms with Crippen LogP contribution in [0.5, 0.6) is 5.88 Å². The van der Waals surface area contributed by atoms with E-state index in [-0.39, 0.29) is 30.8 Å². The molecule has 1 aliphatic heterocycles. The van der Waals surface area contributed by atoms with Crippen LogP contribution in [0.2, 0.25) is 0 Å². The van der Waals surface area contributed by atoms with Crippen molar-refractivity contribution in [3.63, 3.8) is 0 Å². The highest BCUT2D eigenvalue weighted by Crippen LogP contribution is 2.39. The van der Waals surface area contributed by atoms with E-state index in [4.69, 9.17) is 4.74 Å². The molecule has 3 aromatic rings. The van der Waals surface area contributed by atoms with Gasteiger partial charge in [0.1, 0.15) is 5.69 Å². The number of ether oxygens (including phenoxy) is 1. The lowest BCUT2D eigenvalue weighted by Crippen LogP contribution is -2.44. The maximum Gasteiger partial charge on any atom is 0.419 e. The first-order chi connectivity index (χ1) is 14.7. The number of carbonyl (C=O) groups is 1. The van der Waals surface area contributed by atoms with Gasteiger partial charge in [-0.3, -0.25) is 19.4 Å². The number of pyridine rings is 2. The van der Waals surface area contributed by atoms with Crippen molar-refractivity contribution in [1.29, 1.82) is 0 Å². The van der Waals surface area contributed by atoms with Crippen molar-refractivity contribution in [2.24, 2.45) is 0 Å². The van der Waals surface area contributed by atoms with E-state index >= 15 is 0 Å². The molecule has 3 aromatic heterocycles. The van der Waals surface area contributed by atoms with Gasteiger partial charge in [-0.05, 0) is 44.5 Å². The summed E-state index contributed by atoms with van der Waals surface area (Å²) in [7, 11) is 0. The van der Waals surface area contributed by atoms with Crippen LogP contribution in [0.4, 0.5) is 19.0 Å². The summed E-state index contributed by atoms with van der Waals surface area (Å²) < 4.78 is 48.0. The summed E-state index contributed by atoms with van der Waals surface area (Å²) in [5.41, 5.74) is 1.20. The second-order valence-corrected chi connectivity index (χ2v) is 7.25. The molecule has 0 unspecified atom stereocenters. The molecular weight excluding hydrogens is 411 g/mol. The molecule has 0 radical (unpaired) electrons. The summed E-state index contributed by atoms with van der Waals surface area (Å²) in [5.74, 6) is -1.05. The monoisotopic (exact) mass is 431 g/mol. The normalized spacial score (nSPS) is 16.4. The molecule has 0 aliphatic carbocycles. The summed E-state index contributed by atoms with van der Waals surface area (Å²) in [6, 6.07) is 5.22. The maximum absolute atomic E-state index is 13.7. The Hall–Kier alpha value is -3.43. The third kappa shape index (κ3) is 3.73. The Kier molecular flexibility index (Phi) is 5.16. The van der Waals surface area contributed by atoms with E-state index in [1.807, 2.05) is 6.92 Å². The van der Waals surface area contributed by atoms with E-state index in [0.717, 1.165) is 22.7 Å². The lowest BCUT2D eigenvalue weighted by Gasteiger charge is -2.33. The van der Waals surface area contributed by atoms with E-state index in [2.05, 4.69) is 15.1 Å². The zero-order valence-corrected chi connectivity index (χ0v) is 17.1. The number of fused-ring (bicyclic) bond motifs is 1. The fraction of sp³-hybridized carbons (Fsp3) is 0.333. The number of hydrogen-bond acceptors (Lipinski definition) is 5. The fourth-order valence-electron chi connectivity index (χ4n) is 3.66. The van der Waals surface area contributed by atoms with Crippen LogP contribution >= 0.6 is 0 Å². The molecule has 4 rings (SSSR count). The van der Waals surface area contributed by atoms with Crippen molar-refractivity contribution in [3.8, 4) is 17.0 Å². The standard InChI is InChI=1S/C21H20F3N5O2/c1-4-31-17-6-5-16(21(22,23)24)19(27-17)28-11-13(3)29-18(20(28)30)15(10-26-29)14-7-8-25-12(2)9-14/h5-10,13H,4,11H2,1-3H3/t13-/m0/s1. The second-order valence-electron chi connectivity index (χ2n) is 7.25. The number of anilines is 1. The Labute approximate surface area is 176 Å². The third-order valence-electron chi connectivity index (χ3n) is 5.02. The number of carbonyl (C=O) groups excluding carboxylic acids is 1. The molecule has 0 spiro atoms. The van der Waals surface area contributed by atoms with Crippen LogP contribution in [-0.2, 0) is 6.18 Å². The van der Waals surface area contributed by atoms with Gasteiger partial charge >= 0.3 is 6.18 Å². The molecule has 4 heterocycles. The largest absolute Gasteiger partial charge is 0.478 e. The molecule has 0 saturated carbocycles. The average Bonchev–Trinajstić information content (AvgIpc) is 3.16. The minimum atomic E-state index is -4.68. The molecular formula is C21H20F3N5O2. The van der Waals surface area contributed by atoms with Gasteiger partial charge in [0.15, 0.2) is 5.82 Å². The number of amides is 1. The zero-order valence-electron chi connectivity index (χ0n) is 17.1. The lowest BCUT2D eigenvalue weighted by atomic mass is 10.0. The van der Waals surface area contributed by atoms with Crippen molar-refractivity contribution >= 4 is 11.7 Å². The summed E-state index contributed by atoms with van der Waals surface area (Å²) in [6.07, 6.45) is -1.52. The van der Waals surface area contributed by atoms with Gasteiger partial charge in [0.25, 0.3) is 5.91 Å². The topological polar surface area (TPSA) is 73.1 Å². The molecule has 10 heteroatoms. The van der Waals surface area contributed by atoms with Crippen molar-refractivity contribution in [2.45, 2.75) is 33.0 Å². The summed E-state index contributed by atoms with van der Waals surface area (Å²) in [6.45, 7) is 5.54. The van der Waals surface area contributed by atoms with Crippen LogP contribution in [0.3, 0.4) is 0 Å². The number of alkyl halides is 3. The molecule has 0 bridgehead atoms. The quantitative estimate of drug-likeness (QED) is 0.616. The highest BCUT2D eigenvalue weighted by Gasteiger charge is 2.41. The molecule has 162 valence electrons. The first-order valence-corrected chi connectivity index (χ1v) is 9.74. The average molecular weight is 431 g/mol. The van der Waals surface area contributed by atoms with E-state index < -0.39 is 23.5 Å². The first kappa shape index (κ1) is 20.8. The van der Waals surface area contributed by atoms with Gasteiger partial charge in [0.05, 0.1) is 24.4 Å². The number of nitrogens with zero attached hydrogens (tertiary/aromatic N) is 5. The molecule has 0 saturated heterocycles. The summed E-state index contributed by atoms with van der Waals surface area (Å²) >= 11 is 0. The summed E-state index contributed by atoms with van der Waals surface area (Å²) in [5, 5.41) is 4.32. The highest BCUT2D eigenvalue weighted by atomic mass is 19.4. The smallest absolute Gasteiger partial charge is 0.419 e. The molecule has 1 atom stereocenters. The van der Waals surface area contributed by atoms with Gasteiger partial charge in [-0.1, -0.05) is 0 Å². The van der Waals surface area contributed by atoms with Crippen LogP contribution in [0.25, 0.3) is 11.1 Å². The number of rotatable bonds is 4. The van der Waals surface area contributed by atoms with Crippen molar-refractivity contribution in [2.75, 3.05) is 18.1 Å². The molecule has 1 amide bonds. The number of halogens is 3. The Morgan fingerprint density at radius 1 is 1.26 bits per heavy atom. The molecule has 1 aliphatic rings. The first-order valence-electron chi connectivity index (χ1n) is 9.74.